The molecule has 7 nitrogen and oxygen atoms in total. The number of nitrogens with zero attached hydrogens (tertiary/aromatic N) is 2. The summed E-state index contributed by atoms with van der Waals surface area (Å²) < 4.78 is 5.37. The molecule has 2 rings (SSSR count). The monoisotopic (exact) mass is 367 g/mol. The SMILES string of the molecule is CC(C)(C)OC(=O)N1CCC(C(=O)NCCN2CCCCCC2=O)CC1. The summed E-state index contributed by atoms with van der Waals surface area (Å²) in [4.78, 5) is 39.9. The van der Waals surface area contributed by atoms with Gasteiger partial charge in [0.2, 0.25) is 11.8 Å². The minimum absolute atomic E-state index is 0.0242. The lowest BCUT2D eigenvalue weighted by molar-refractivity contribution is -0.131. The van der Waals surface area contributed by atoms with Gasteiger partial charge in [0, 0.05) is 45.1 Å². The number of ether oxygens (including phenoxy) is 1. The van der Waals surface area contributed by atoms with Crippen LogP contribution in [0.2, 0.25) is 0 Å². The molecule has 0 aromatic heterocycles. The lowest BCUT2D eigenvalue weighted by Crippen LogP contribution is -2.46. The highest BCUT2D eigenvalue weighted by Crippen LogP contribution is 2.20. The zero-order chi connectivity index (χ0) is 19.2. The van der Waals surface area contributed by atoms with Crippen molar-refractivity contribution in [1.82, 2.24) is 15.1 Å². The summed E-state index contributed by atoms with van der Waals surface area (Å²) in [5, 5.41) is 2.96. The molecule has 0 atom stereocenters. The van der Waals surface area contributed by atoms with Crippen molar-refractivity contribution in [2.24, 2.45) is 5.92 Å². The lowest BCUT2D eigenvalue weighted by atomic mass is 9.96. The number of piperidine rings is 1. The van der Waals surface area contributed by atoms with Crippen LogP contribution < -0.4 is 5.32 Å². The van der Waals surface area contributed by atoms with Gasteiger partial charge < -0.3 is 19.9 Å². The second kappa shape index (κ2) is 9.24. The van der Waals surface area contributed by atoms with Gasteiger partial charge in [0.05, 0.1) is 0 Å². The van der Waals surface area contributed by atoms with Crippen molar-refractivity contribution in [3.05, 3.63) is 0 Å². The standard InChI is InChI=1S/C19H33N3O4/c1-19(2,3)26-18(25)22-12-8-15(9-13-22)17(24)20-10-14-21-11-6-4-5-7-16(21)23/h15H,4-14H2,1-3H3,(H,20,24). The molecule has 2 saturated heterocycles. The summed E-state index contributed by atoms with van der Waals surface area (Å²) in [6, 6.07) is 0. The van der Waals surface area contributed by atoms with Gasteiger partial charge in [-0.1, -0.05) is 6.42 Å². The van der Waals surface area contributed by atoms with Gasteiger partial charge in [-0.05, 0) is 46.5 Å². The Bertz CT molecular complexity index is 507. The van der Waals surface area contributed by atoms with E-state index < -0.39 is 5.60 Å². The molecule has 2 fully saturated rings. The van der Waals surface area contributed by atoms with Crippen molar-refractivity contribution >= 4 is 17.9 Å². The van der Waals surface area contributed by atoms with Gasteiger partial charge >= 0.3 is 6.09 Å². The third-order valence-electron chi connectivity index (χ3n) is 4.87. The number of carbonyl (C=O) groups is 3. The summed E-state index contributed by atoms with van der Waals surface area (Å²) in [5.74, 6) is 0.145. The quantitative estimate of drug-likeness (QED) is 0.826. The third-order valence-corrected chi connectivity index (χ3v) is 4.87. The van der Waals surface area contributed by atoms with Gasteiger partial charge in [-0.2, -0.15) is 0 Å². The molecule has 0 saturated carbocycles. The Labute approximate surface area is 156 Å². The first-order valence-electron chi connectivity index (χ1n) is 9.80. The molecule has 148 valence electrons. The Morgan fingerprint density at radius 2 is 1.81 bits per heavy atom. The number of amides is 3. The number of rotatable bonds is 4. The van der Waals surface area contributed by atoms with Crippen LogP contribution in [0.4, 0.5) is 4.79 Å². The third kappa shape index (κ3) is 6.50. The zero-order valence-corrected chi connectivity index (χ0v) is 16.4. The van der Waals surface area contributed by atoms with Crippen molar-refractivity contribution in [3.63, 3.8) is 0 Å². The van der Waals surface area contributed by atoms with Gasteiger partial charge in [0.15, 0.2) is 0 Å². The first-order chi connectivity index (χ1) is 12.3. The largest absolute Gasteiger partial charge is 0.444 e. The highest BCUT2D eigenvalue weighted by Gasteiger charge is 2.29. The van der Waals surface area contributed by atoms with Crippen LogP contribution in [0.3, 0.4) is 0 Å². The fraction of sp³-hybridized carbons (Fsp3) is 0.842. The van der Waals surface area contributed by atoms with Crippen LogP contribution in [0, 0.1) is 5.92 Å². The molecule has 1 N–H and O–H groups in total. The maximum Gasteiger partial charge on any atom is 0.410 e. The van der Waals surface area contributed by atoms with Gasteiger partial charge in [-0.25, -0.2) is 4.79 Å². The molecule has 0 aliphatic carbocycles. The Hall–Kier alpha value is -1.79. The van der Waals surface area contributed by atoms with Crippen molar-refractivity contribution < 1.29 is 19.1 Å². The minimum atomic E-state index is -0.504. The van der Waals surface area contributed by atoms with Crippen LogP contribution in [0.5, 0.6) is 0 Å². The Morgan fingerprint density at radius 1 is 1.12 bits per heavy atom. The predicted octanol–water partition coefficient (Wildman–Crippen LogP) is 2.15. The minimum Gasteiger partial charge on any atom is -0.444 e. The van der Waals surface area contributed by atoms with Gasteiger partial charge in [-0.3, -0.25) is 9.59 Å². The van der Waals surface area contributed by atoms with E-state index in [4.69, 9.17) is 4.74 Å². The van der Waals surface area contributed by atoms with Gasteiger partial charge in [-0.15, -0.1) is 0 Å². The Kier molecular flexibility index (Phi) is 7.29. The Morgan fingerprint density at radius 3 is 2.46 bits per heavy atom. The van der Waals surface area contributed by atoms with Crippen molar-refractivity contribution in [1.29, 1.82) is 0 Å². The van der Waals surface area contributed by atoms with E-state index in [0.717, 1.165) is 25.8 Å². The smallest absolute Gasteiger partial charge is 0.410 e. The number of likely N-dealkylation sites (tertiary alicyclic amines) is 2. The second-order valence-electron chi connectivity index (χ2n) is 8.22. The maximum absolute atomic E-state index is 12.3. The molecule has 2 aliphatic heterocycles. The molecular formula is C19H33N3O4. The molecule has 26 heavy (non-hydrogen) atoms. The first kappa shape index (κ1) is 20.5. The van der Waals surface area contributed by atoms with Crippen LogP contribution in [-0.4, -0.2) is 66.0 Å². The lowest BCUT2D eigenvalue weighted by Gasteiger charge is -2.33. The molecular weight excluding hydrogens is 334 g/mol. The van der Waals surface area contributed by atoms with Crippen LogP contribution >= 0.6 is 0 Å². The van der Waals surface area contributed by atoms with E-state index in [1.165, 1.54) is 0 Å². The van der Waals surface area contributed by atoms with Crippen LogP contribution in [0.25, 0.3) is 0 Å². The number of hydrogen-bond acceptors (Lipinski definition) is 4. The molecule has 0 aromatic rings. The average Bonchev–Trinajstić information content (AvgIpc) is 2.78. The van der Waals surface area contributed by atoms with Crippen molar-refractivity contribution in [3.8, 4) is 0 Å². The fourth-order valence-corrected chi connectivity index (χ4v) is 3.38. The summed E-state index contributed by atoms with van der Waals surface area (Å²) in [5.41, 5.74) is -0.504. The van der Waals surface area contributed by atoms with Crippen LogP contribution in [-0.2, 0) is 14.3 Å². The summed E-state index contributed by atoms with van der Waals surface area (Å²) in [6.45, 7) is 8.50. The van der Waals surface area contributed by atoms with Crippen molar-refractivity contribution in [2.45, 2.75) is 64.9 Å². The molecule has 3 amide bonds. The molecule has 2 heterocycles. The van der Waals surface area contributed by atoms with E-state index in [-0.39, 0.29) is 23.8 Å². The van der Waals surface area contributed by atoms with Gasteiger partial charge in [0.1, 0.15) is 5.60 Å². The van der Waals surface area contributed by atoms with E-state index >= 15 is 0 Å². The van der Waals surface area contributed by atoms with Crippen LogP contribution in [0.15, 0.2) is 0 Å². The molecule has 2 aliphatic rings. The highest BCUT2D eigenvalue weighted by molar-refractivity contribution is 5.79. The van der Waals surface area contributed by atoms with Crippen LogP contribution in [0.1, 0.15) is 59.3 Å². The molecule has 0 unspecified atom stereocenters. The summed E-state index contributed by atoms with van der Waals surface area (Å²) in [7, 11) is 0. The predicted molar refractivity (Wildman–Crippen MR) is 98.6 cm³/mol. The van der Waals surface area contributed by atoms with E-state index in [1.54, 1.807) is 4.90 Å². The first-order valence-corrected chi connectivity index (χ1v) is 9.80. The molecule has 7 heteroatoms. The Balaban J connectivity index is 1.68. The highest BCUT2D eigenvalue weighted by atomic mass is 16.6. The second-order valence-corrected chi connectivity index (χ2v) is 8.22. The van der Waals surface area contributed by atoms with E-state index in [9.17, 15) is 14.4 Å². The number of carbonyl (C=O) groups excluding carboxylic acids is 3. The van der Waals surface area contributed by atoms with Crippen molar-refractivity contribution in [2.75, 3.05) is 32.7 Å². The molecule has 0 bridgehead atoms. The van der Waals surface area contributed by atoms with E-state index in [1.807, 2.05) is 25.7 Å². The van der Waals surface area contributed by atoms with E-state index in [2.05, 4.69) is 5.32 Å². The molecule has 0 aromatic carbocycles. The average molecular weight is 367 g/mol. The number of hydrogen-bond donors (Lipinski definition) is 1. The molecule has 0 radical (unpaired) electrons. The summed E-state index contributed by atoms with van der Waals surface area (Å²) >= 11 is 0. The zero-order valence-electron chi connectivity index (χ0n) is 16.4. The molecule has 0 spiro atoms. The normalized spacial score (nSPS) is 19.9. The fourth-order valence-electron chi connectivity index (χ4n) is 3.38. The summed E-state index contributed by atoms with van der Waals surface area (Å²) in [6.07, 6.45) is 4.72. The number of nitrogens with one attached hydrogen (secondary N) is 1. The van der Waals surface area contributed by atoms with Gasteiger partial charge in [0.25, 0.3) is 0 Å². The topological polar surface area (TPSA) is 79.0 Å². The maximum atomic E-state index is 12.3. The van der Waals surface area contributed by atoms with E-state index in [0.29, 0.717) is 45.4 Å².